The van der Waals surface area contributed by atoms with Crippen molar-refractivity contribution in [3.05, 3.63) is 12.7 Å². The van der Waals surface area contributed by atoms with Gasteiger partial charge in [0.15, 0.2) is 0 Å². The van der Waals surface area contributed by atoms with Crippen molar-refractivity contribution in [2.75, 3.05) is 19.7 Å². The zero-order valence-corrected chi connectivity index (χ0v) is 6.75. The first-order chi connectivity index (χ1) is 5.24. The number of carbonyl (C=O) groups is 1. The first kappa shape index (κ1) is 8.27. The van der Waals surface area contributed by atoms with Gasteiger partial charge in [-0.25, -0.2) is 0 Å². The minimum Gasteiger partial charge on any atom is -0.464 e. The maximum absolute atomic E-state index is 10.4. The zero-order valence-electron chi connectivity index (χ0n) is 6.75. The largest absolute Gasteiger partial charge is 0.464 e. The summed E-state index contributed by atoms with van der Waals surface area (Å²) in [5.41, 5.74) is 0. The van der Waals surface area contributed by atoms with Gasteiger partial charge in [0.25, 0.3) is 0 Å². The van der Waals surface area contributed by atoms with Gasteiger partial charge in [-0.15, -0.1) is 6.58 Å². The van der Waals surface area contributed by atoms with Gasteiger partial charge in [-0.2, -0.15) is 0 Å². The fourth-order valence-electron chi connectivity index (χ4n) is 0.915. The summed E-state index contributed by atoms with van der Waals surface area (Å²) in [7, 11) is 0. The smallest absolute Gasteiger partial charge is 0.302 e. The molecule has 0 aromatic heterocycles. The Morgan fingerprint density at radius 2 is 2.45 bits per heavy atom. The van der Waals surface area contributed by atoms with Gasteiger partial charge in [0.1, 0.15) is 6.61 Å². The van der Waals surface area contributed by atoms with E-state index in [1.807, 2.05) is 6.08 Å². The number of carbonyl (C=O) groups excluding carboxylic acids is 1. The van der Waals surface area contributed by atoms with E-state index in [1.54, 1.807) is 0 Å². The minimum atomic E-state index is -0.223. The molecule has 1 rings (SSSR count). The summed E-state index contributed by atoms with van der Waals surface area (Å²) < 4.78 is 4.84. The number of rotatable bonds is 4. The van der Waals surface area contributed by atoms with E-state index in [0.717, 1.165) is 13.1 Å². The Labute approximate surface area is 66.6 Å². The number of hydrogen-bond donors (Lipinski definition) is 0. The van der Waals surface area contributed by atoms with Crippen LogP contribution in [0.4, 0.5) is 0 Å². The van der Waals surface area contributed by atoms with Gasteiger partial charge in [0.05, 0.1) is 6.04 Å². The molecule has 0 bridgehead atoms. The molecule has 0 aliphatic carbocycles. The van der Waals surface area contributed by atoms with Gasteiger partial charge in [0, 0.05) is 20.0 Å². The molecule has 0 radical (unpaired) electrons. The number of esters is 1. The van der Waals surface area contributed by atoms with Gasteiger partial charge >= 0.3 is 5.97 Å². The Morgan fingerprint density at radius 1 is 1.82 bits per heavy atom. The van der Waals surface area contributed by atoms with Crippen molar-refractivity contribution < 1.29 is 9.53 Å². The lowest BCUT2D eigenvalue weighted by molar-refractivity contribution is -0.141. The molecule has 62 valence electrons. The predicted octanol–water partition coefficient (Wildman–Crippen LogP) is 0.420. The van der Waals surface area contributed by atoms with Crippen LogP contribution in [0.5, 0.6) is 0 Å². The maximum atomic E-state index is 10.4. The molecule has 1 atom stereocenters. The maximum Gasteiger partial charge on any atom is 0.302 e. The van der Waals surface area contributed by atoms with Gasteiger partial charge in [-0.05, 0) is 0 Å². The summed E-state index contributed by atoms with van der Waals surface area (Å²) in [6.45, 7) is 7.72. The summed E-state index contributed by atoms with van der Waals surface area (Å²) in [4.78, 5) is 12.6. The van der Waals surface area contributed by atoms with E-state index in [4.69, 9.17) is 4.74 Å². The average Bonchev–Trinajstić information content (AvgIpc) is 2.72. The standard InChI is InChI=1S/C8H13NO2/c1-3-8(9-4-5-9)6-11-7(2)10/h3,8H,1,4-6H2,2H3. The molecule has 3 nitrogen and oxygen atoms in total. The second kappa shape index (κ2) is 3.53. The average molecular weight is 155 g/mol. The van der Waals surface area contributed by atoms with E-state index in [1.165, 1.54) is 6.92 Å². The molecule has 0 N–H and O–H groups in total. The van der Waals surface area contributed by atoms with Gasteiger partial charge < -0.3 is 4.74 Å². The molecule has 0 aromatic carbocycles. The highest BCUT2D eigenvalue weighted by Crippen LogP contribution is 2.11. The Morgan fingerprint density at radius 3 is 2.82 bits per heavy atom. The topological polar surface area (TPSA) is 29.3 Å². The van der Waals surface area contributed by atoms with E-state index in [2.05, 4.69) is 11.5 Å². The lowest BCUT2D eigenvalue weighted by Crippen LogP contribution is -2.23. The fourth-order valence-corrected chi connectivity index (χ4v) is 0.915. The first-order valence-corrected chi connectivity index (χ1v) is 3.74. The van der Waals surface area contributed by atoms with Crippen molar-refractivity contribution in [2.24, 2.45) is 0 Å². The molecule has 0 amide bonds. The lowest BCUT2D eigenvalue weighted by Gasteiger charge is -2.12. The van der Waals surface area contributed by atoms with E-state index in [0.29, 0.717) is 6.61 Å². The highest BCUT2D eigenvalue weighted by molar-refractivity contribution is 5.65. The van der Waals surface area contributed by atoms with Gasteiger partial charge in [-0.1, -0.05) is 6.08 Å². The first-order valence-electron chi connectivity index (χ1n) is 3.74. The Kier molecular flexibility index (Phi) is 2.65. The molecular weight excluding hydrogens is 142 g/mol. The van der Waals surface area contributed by atoms with Crippen LogP contribution in [-0.2, 0) is 9.53 Å². The van der Waals surface area contributed by atoms with Gasteiger partial charge in [-0.3, -0.25) is 9.69 Å². The van der Waals surface area contributed by atoms with Crippen molar-refractivity contribution in [3.63, 3.8) is 0 Å². The summed E-state index contributed by atoms with van der Waals surface area (Å²) in [5, 5.41) is 0. The predicted molar refractivity (Wildman–Crippen MR) is 42.2 cm³/mol. The highest BCUT2D eigenvalue weighted by Gasteiger charge is 2.25. The molecule has 1 saturated heterocycles. The molecule has 3 heteroatoms. The zero-order chi connectivity index (χ0) is 8.27. The van der Waals surface area contributed by atoms with Crippen molar-refractivity contribution in [3.8, 4) is 0 Å². The molecule has 1 unspecified atom stereocenters. The monoisotopic (exact) mass is 155 g/mol. The fraction of sp³-hybridized carbons (Fsp3) is 0.625. The van der Waals surface area contributed by atoms with Crippen LogP contribution in [0.3, 0.4) is 0 Å². The summed E-state index contributed by atoms with van der Waals surface area (Å²) in [5.74, 6) is -0.223. The lowest BCUT2D eigenvalue weighted by atomic mass is 10.3. The number of hydrogen-bond acceptors (Lipinski definition) is 3. The third-order valence-corrected chi connectivity index (χ3v) is 1.68. The second-order valence-corrected chi connectivity index (χ2v) is 2.64. The number of ether oxygens (including phenoxy) is 1. The molecule has 11 heavy (non-hydrogen) atoms. The molecule has 1 heterocycles. The normalized spacial score (nSPS) is 19.0. The molecule has 1 aliphatic heterocycles. The SMILES string of the molecule is C=CC(COC(C)=O)N1CC1. The van der Waals surface area contributed by atoms with Crippen LogP contribution < -0.4 is 0 Å². The Hall–Kier alpha value is -0.830. The third-order valence-electron chi connectivity index (χ3n) is 1.68. The minimum absolute atomic E-state index is 0.221. The molecule has 0 saturated carbocycles. The third kappa shape index (κ3) is 2.72. The van der Waals surface area contributed by atoms with E-state index in [-0.39, 0.29) is 12.0 Å². The van der Waals surface area contributed by atoms with Crippen LogP contribution in [0.2, 0.25) is 0 Å². The van der Waals surface area contributed by atoms with Crippen molar-refractivity contribution in [1.29, 1.82) is 0 Å². The quantitative estimate of drug-likeness (QED) is 0.335. The van der Waals surface area contributed by atoms with Crippen molar-refractivity contribution in [1.82, 2.24) is 4.90 Å². The van der Waals surface area contributed by atoms with Gasteiger partial charge in [0.2, 0.25) is 0 Å². The molecule has 1 fully saturated rings. The summed E-state index contributed by atoms with van der Waals surface area (Å²) >= 11 is 0. The molecule has 1 aliphatic rings. The van der Waals surface area contributed by atoms with Crippen LogP contribution in [0.25, 0.3) is 0 Å². The van der Waals surface area contributed by atoms with E-state index >= 15 is 0 Å². The summed E-state index contributed by atoms with van der Waals surface area (Å²) in [6, 6.07) is 0.221. The Bertz CT molecular complexity index is 163. The summed E-state index contributed by atoms with van der Waals surface area (Å²) in [6.07, 6.45) is 1.82. The van der Waals surface area contributed by atoms with Crippen LogP contribution in [0.15, 0.2) is 12.7 Å². The van der Waals surface area contributed by atoms with Crippen LogP contribution >= 0.6 is 0 Å². The van der Waals surface area contributed by atoms with Crippen molar-refractivity contribution in [2.45, 2.75) is 13.0 Å². The second-order valence-electron chi connectivity index (χ2n) is 2.64. The molecular formula is C8H13NO2. The van der Waals surface area contributed by atoms with E-state index in [9.17, 15) is 4.79 Å². The van der Waals surface area contributed by atoms with Crippen LogP contribution in [0, 0.1) is 0 Å². The highest BCUT2D eigenvalue weighted by atomic mass is 16.5. The number of nitrogens with zero attached hydrogens (tertiary/aromatic N) is 1. The molecule has 0 spiro atoms. The molecule has 0 aromatic rings. The van der Waals surface area contributed by atoms with Crippen molar-refractivity contribution >= 4 is 5.97 Å². The Balaban J connectivity index is 2.20. The van der Waals surface area contributed by atoms with Crippen LogP contribution in [-0.4, -0.2) is 36.6 Å². The van der Waals surface area contributed by atoms with Crippen LogP contribution in [0.1, 0.15) is 6.92 Å². The van der Waals surface area contributed by atoms with E-state index < -0.39 is 0 Å².